The smallest absolute Gasteiger partial charge is 0.410 e. The fraction of sp³-hybridized carbons (Fsp3) is 0.500. The molecule has 0 aliphatic carbocycles. The summed E-state index contributed by atoms with van der Waals surface area (Å²) in [5.74, 6) is -6.02. The Hall–Kier alpha value is -1.79. The highest BCUT2D eigenvalue weighted by Gasteiger charge is 2.43. The van der Waals surface area contributed by atoms with Gasteiger partial charge in [0.15, 0.2) is 11.6 Å². The normalized spacial score (nSPS) is 17.4. The number of halogens is 4. The fourth-order valence-corrected chi connectivity index (χ4v) is 2.10. The lowest BCUT2D eigenvalue weighted by atomic mass is 9.96. The molecule has 0 saturated heterocycles. The summed E-state index contributed by atoms with van der Waals surface area (Å²) in [5, 5.41) is 0. The molecule has 2 rings (SSSR count). The third-order valence-electron chi connectivity index (χ3n) is 2.94. The lowest BCUT2D eigenvalue weighted by Gasteiger charge is -2.35. The van der Waals surface area contributed by atoms with E-state index >= 15 is 0 Å². The van der Waals surface area contributed by atoms with Gasteiger partial charge in [-0.1, -0.05) is 0 Å². The molecule has 116 valence electrons. The zero-order valence-electron chi connectivity index (χ0n) is 11.8. The van der Waals surface area contributed by atoms with Crippen molar-refractivity contribution in [3.05, 3.63) is 34.9 Å². The van der Waals surface area contributed by atoms with Crippen LogP contribution in [0.2, 0.25) is 0 Å². The van der Waals surface area contributed by atoms with Gasteiger partial charge in [-0.15, -0.1) is 0 Å². The van der Waals surface area contributed by atoms with E-state index in [-0.39, 0.29) is 12.1 Å². The molecular weight excluding hydrogens is 290 g/mol. The molecular formula is C14H15F4NO2. The maximum Gasteiger partial charge on any atom is 0.410 e. The largest absolute Gasteiger partial charge is 0.444 e. The third-order valence-corrected chi connectivity index (χ3v) is 2.94. The van der Waals surface area contributed by atoms with Gasteiger partial charge in [0.25, 0.3) is 5.92 Å². The Kier molecular flexibility index (Phi) is 3.63. The van der Waals surface area contributed by atoms with Crippen LogP contribution in [0.25, 0.3) is 0 Å². The van der Waals surface area contributed by atoms with Gasteiger partial charge in [-0.2, -0.15) is 8.78 Å². The zero-order chi connectivity index (χ0) is 16.0. The van der Waals surface area contributed by atoms with E-state index in [9.17, 15) is 22.4 Å². The standard InChI is InChI=1S/C14H15F4NO2/c1-13(2,3)21-12(20)19-6-8-4-10(15)11(16)5-9(8)14(17,18)7-19/h4-5H,6-7H2,1-3H3. The van der Waals surface area contributed by atoms with E-state index < -0.39 is 41.4 Å². The molecule has 0 spiro atoms. The number of rotatable bonds is 0. The number of alkyl halides is 2. The van der Waals surface area contributed by atoms with E-state index in [1.54, 1.807) is 20.8 Å². The molecule has 1 amide bonds. The number of nitrogens with zero attached hydrogens (tertiary/aromatic N) is 1. The second-order valence-corrected chi connectivity index (χ2v) is 5.96. The molecule has 0 saturated carbocycles. The van der Waals surface area contributed by atoms with E-state index in [1.807, 2.05) is 0 Å². The summed E-state index contributed by atoms with van der Waals surface area (Å²) < 4.78 is 59.4. The molecule has 0 aromatic heterocycles. The quantitative estimate of drug-likeness (QED) is 0.682. The number of hydrogen-bond donors (Lipinski definition) is 0. The molecule has 7 heteroatoms. The Bertz CT molecular complexity index is 581. The van der Waals surface area contributed by atoms with Crippen molar-refractivity contribution < 1.29 is 27.1 Å². The molecule has 3 nitrogen and oxygen atoms in total. The average Bonchev–Trinajstić information content (AvgIpc) is 2.28. The summed E-state index contributed by atoms with van der Waals surface area (Å²) >= 11 is 0. The third kappa shape index (κ3) is 3.28. The van der Waals surface area contributed by atoms with E-state index in [0.29, 0.717) is 12.1 Å². The van der Waals surface area contributed by atoms with Crippen LogP contribution in [0.4, 0.5) is 22.4 Å². The van der Waals surface area contributed by atoms with Crippen LogP contribution < -0.4 is 0 Å². The van der Waals surface area contributed by atoms with Gasteiger partial charge in [0.1, 0.15) is 5.60 Å². The summed E-state index contributed by atoms with van der Waals surface area (Å²) in [6, 6.07) is 1.17. The fourth-order valence-electron chi connectivity index (χ4n) is 2.10. The molecule has 0 fully saturated rings. The summed E-state index contributed by atoms with van der Waals surface area (Å²) in [7, 11) is 0. The minimum atomic E-state index is -3.46. The highest BCUT2D eigenvalue weighted by Crippen LogP contribution is 2.38. The summed E-state index contributed by atoms with van der Waals surface area (Å²) in [5.41, 5.74) is -1.56. The van der Waals surface area contributed by atoms with Crippen molar-refractivity contribution in [2.45, 2.75) is 38.8 Å². The van der Waals surface area contributed by atoms with Gasteiger partial charge in [-0.05, 0) is 38.5 Å². The second-order valence-electron chi connectivity index (χ2n) is 5.96. The Balaban J connectivity index is 2.33. The van der Waals surface area contributed by atoms with E-state index in [1.165, 1.54) is 0 Å². The number of carbonyl (C=O) groups is 1. The van der Waals surface area contributed by atoms with Crippen LogP contribution in [0.1, 0.15) is 31.9 Å². The lowest BCUT2D eigenvalue weighted by Crippen LogP contribution is -2.45. The van der Waals surface area contributed by atoms with Crippen molar-refractivity contribution in [3.8, 4) is 0 Å². The van der Waals surface area contributed by atoms with Crippen LogP contribution in [-0.4, -0.2) is 23.1 Å². The van der Waals surface area contributed by atoms with Crippen LogP contribution in [-0.2, 0) is 17.2 Å². The van der Waals surface area contributed by atoms with E-state index in [4.69, 9.17) is 4.74 Å². The van der Waals surface area contributed by atoms with Crippen molar-refractivity contribution in [3.63, 3.8) is 0 Å². The van der Waals surface area contributed by atoms with E-state index in [2.05, 4.69) is 0 Å². The minimum Gasteiger partial charge on any atom is -0.444 e. The molecule has 1 aliphatic heterocycles. The maximum absolute atomic E-state index is 14.0. The molecule has 0 N–H and O–H groups in total. The molecule has 1 aromatic carbocycles. The Morgan fingerprint density at radius 1 is 1.24 bits per heavy atom. The van der Waals surface area contributed by atoms with Crippen molar-refractivity contribution in [2.24, 2.45) is 0 Å². The topological polar surface area (TPSA) is 29.5 Å². The van der Waals surface area contributed by atoms with Gasteiger partial charge in [-0.25, -0.2) is 13.6 Å². The van der Waals surface area contributed by atoms with Crippen LogP contribution >= 0.6 is 0 Å². The Morgan fingerprint density at radius 2 is 1.81 bits per heavy atom. The van der Waals surface area contributed by atoms with Gasteiger partial charge < -0.3 is 4.74 Å². The predicted octanol–water partition coefficient (Wildman–Crippen LogP) is 3.81. The first-order valence-corrected chi connectivity index (χ1v) is 6.34. The molecule has 1 heterocycles. The summed E-state index contributed by atoms with van der Waals surface area (Å²) in [6.45, 7) is 3.64. The van der Waals surface area contributed by atoms with Crippen LogP contribution in [0.15, 0.2) is 12.1 Å². The first-order chi connectivity index (χ1) is 9.49. The number of ether oxygens (including phenoxy) is 1. The van der Waals surface area contributed by atoms with Crippen LogP contribution in [0.5, 0.6) is 0 Å². The number of carbonyl (C=O) groups excluding carboxylic acids is 1. The summed E-state index contributed by atoms with van der Waals surface area (Å²) in [6.07, 6.45) is -0.919. The Labute approximate surface area is 119 Å². The highest BCUT2D eigenvalue weighted by molar-refractivity contribution is 5.69. The predicted molar refractivity (Wildman–Crippen MR) is 66.9 cm³/mol. The van der Waals surface area contributed by atoms with Crippen LogP contribution in [0.3, 0.4) is 0 Å². The number of benzene rings is 1. The minimum absolute atomic E-state index is 0.129. The molecule has 1 aliphatic rings. The summed E-state index contributed by atoms with van der Waals surface area (Å²) in [4.78, 5) is 12.6. The number of fused-ring (bicyclic) bond motifs is 1. The molecule has 0 unspecified atom stereocenters. The van der Waals surface area contributed by atoms with Gasteiger partial charge in [0.2, 0.25) is 0 Å². The van der Waals surface area contributed by atoms with Crippen LogP contribution in [0, 0.1) is 11.6 Å². The number of amides is 1. The second kappa shape index (κ2) is 4.89. The zero-order valence-corrected chi connectivity index (χ0v) is 11.8. The molecule has 0 radical (unpaired) electrons. The monoisotopic (exact) mass is 305 g/mol. The average molecular weight is 305 g/mol. The van der Waals surface area contributed by atoms with Crippen molar-refractivity contribution >= 4 is 6.09 Å². The Morgan fingerprint density at radius 3 is 2.38 bits per heavy atom. The lowest BCUT2D eigenvalue weighted by molar-refractivity contribution is -0.0594. The maximum atomic E-state index is 14.0. The molecule has 21 heavy (non-hydrogen) atoms. The first kappa shape index (κ1) is 15.6. The molecule has 0 bridgehead atoms. The van der Waals surface area contributed by atoms with E-state index in [0.717, 1.165) is 4.90 Å². The van der Waals surface area contributed by atoms with Crippen molar-refractivity contribution in [2.75, 3.05) is 6.54 Å². The number of hydrogen-bond acceptors (Lipinski definition) is 2. The van der Waals surface area contributed by atoms with Gasteiger partial charge in [0.05, 0.1) is 6.54 Å². The van der Waals surface area contributed by atoms with Gasteiger partial charge >= 0.3 is 6.09 Å². The molecule has 0 atom stereocenters. The first-order valence-electron chi connectivity index (χ1n) is 6.34. The van der Waals surface area contributed by atoms with Gasteiger partial charge in [0, 0.05) is 12.1 Å². The van der Waals surface area contributed by atoms with Crippen molar-refractivity contribution in [1.82, 2.24) is 4.90 Å². The molecule has 1 aromatic rings. The van der Waals surface area contributed by atoms with Gasteiger partial charge in [-0.3, -0.25) is 4.90 Å². The van der Waals surface area contributed by atoms with Crippen molar-refractivity contribution in [1.29, 1.82) is 0 Å². The SMILES string of the molecule is CC(C)(C)OC(=O)N1Cc2cc(F)c(F)cc2C(F)(F)C1. The highest BCUT2D eigenvalue weighted by atomic mass is 19.3.